The first-order chi connectivity index (χ1) is 41.6. The number of carbonyl (C=O) groups is 3. The molecule has 0 heterocycles. The average molecular weight is 1310 g/mol. The van der Waals surface area contributed by atoms with Crippen LogP contribution in [-0.4, -0.2) is 83.1 Å². The number of nitrogens with two attached hydrogens (primary N) is 1. The number of allylic oxidation sites excluding steroid dienone is 1. The third-order valence-electron chi connectivity index (χ3n) is 13.5. The van der Waals surface area contributed by atoms with Crippen LogP contribution in [-0.2, 0) is 33.5 Å². The zero-order valence-corrected chi connectivity index (χ0v) is 47.4. The first-order valence-electron chi connectivity index (χ1n) is 26.7. The van der Waals surface area contributed by atoms with Crippen molar-refractivity contribution in [2.24, 2.45) is 5.73 Å². The lowest BCUT2D eigenvalue weighted by atomic mass is 9.77. The molecule has 12 nitrogen and oxygen atoms in total. The van der Waals surface area contributed by atoms with Crippen LogP contribution in [0.4, 0.5) is 75.4 Å². The lowest BCUT2D eigenvalue weighted by Gasteiger charge is -2.37. The van der Waals surface area contributed by atoms with E-state index in [9.17, 15) is 85.3 Å². The number of alkyl halides is 11. The number of urea groups is 1. The van der Waals surface area contributed by atoms with Crippen LogP contribution in [0.1, 0.15) is 86.3 Å². The maximum absolute atomic E-state index is 14.8. The van der Waals surface area contributed by atoms with Gasteiger partial charge in [-0.15, -0.1) is 0 Å². The molecule has 490 valence electrons. The average Bonchev–Trinajstić information content (AvgIpc) is 0.888. The van der Waals surface area contributed by atoms with Gasteiger partial charge in [0, 0.05) is 30.2 Å². The molecule has 6 aromatic rings. The van der Waals surface area contributed by atoms with Crippen molar-refractivity contribution < 1.29 is 105 Å². The molecule has 0 radical (unpaired) electrons. The summed E-state index contributed by atoms with van der Waals surface area (Å²) in [6.45, 7) is 4.81. The second-order valence-corrected chi connectivity index (χ2v) is 20.6. The summed E-state index contributed by atoms with van der Waals surface area (Å²) in [5.41, 5.74) is 4.38. The summed E-state index contributed by atoms with van der Waals surface area (Å²) < 4.78 is 209. The van der Waals surface area contributed by atoms with Gasteiger partial charge in [-0.1, -0.05) is 98.9 Å². The highest BCUT2D eigenvalue weighted by Crippen LogP contribution is 2.40. The van der Waals surface area contributed by atoms with Gasteiger partial charge in [-0.05, 0) is 134 Å². The van der Waals surface area contributed by atoms with Gasteiger partial charge < -0.3 is 46.1 Å². The van der Waals surface area contributed by atoms with Gasteiger partial charge in [0.1, 0.15) is 34.8 Å². The maximum Gasteiger partial charge on any atom is 0.471 e. The molecule has 90 heavy (non-hydrogen) atoms. The predicted molar refractivity (Wildman–Crippen MR) is 302 cm³/mol. The summed E-state index contributed by atoms with van der Waals surface area (Å²) in [7, 11) is 0. The number of benzene rings is 6. The van der Waals surface area contributed by atoms with E-state index in [0.717, 1.165) is 54.1 Å². The van der Waals surface area contributed by atoms with Crippen LogP contribution < -0.4 is 31.2 Å². The molecule has 6 aromatic carbocycles. The topological polar surface area (TPSA) is 181 Å². The second-order valence-electron chi connectivity index (χ2n) is 20.3. The van der Waals surface area contributed by atoms with E-state index in [2.05, 4.69) is 31.4 Å². The van der Waals surface area contributed by atoms with Crippen molar-refractivity contribution >= 4 is 29.0 Å². The van der Waals surface area contributed by atoms with E-state index in [1.807, 2.05) is 0 Å². The molecule has 2 fully saturated rings. The molecule has 0 spiro atoms. The Kier molecular flexibility index (Phi) is 27.0. The molecule has 0 aliphatic heterocycles. The zero-order valence-electron chi connectivity index (χ0n) is 46.7. The fourth-order valence-electron chi connectivity index (χ4n) is 9.39. The van der Waals surface area contributed by atoms with Gasteiger partial charge >= 0.3 is 48.6 Å². The van der Waals surface area contributed by atoms with Crippen molar-refractivity contribution in [1.29, 1.82) is 0 Å². The number of amides is 3. The third kappa shape index (κ3) is 21.9. The van der Waals surface area contributed by atoms with Gasteiger partial charge in [0.05, 0.1) is 41.1 Å². The van der Waals surface area contributed by atoms with Crippen molar-refractivity contribution in [2.45, 2.75) is 132 Å². The Balaban J connectivity index is 0.000000297. The quantitative estimate of drug-likeness (QED) is 0.0277. The molecule has 0 saturated heterocycles. The fraction of sp³-hybridized carbons (Fsp3) is 0.339. The molecule has 2 saturated carbocycles. The molecule has 8 rings (SSSR count). The molecular weight excluding hydrogens is 1250 g/mol. The number of aliphatic hydroxyl groups excluding tert-OH is 2. The Hall–Kier alpha value is -8.01. The highest BCUT2D eigenvalue weighted by atomic mass is 35.5. The van der Waals surface area contributed by atoms with E-state index in [1.54, 1.807) is 72.9 Å². The second kappa shape index (κ2) is 32.6. The van der Waals surface area contributed by atoms with E-state index >= 15 is 0 Å². The van der Waals surface area contributed by atoms with Crippen molar-refractivity contribution in [1.82, 2.24) is 16.0 Å². The van der Waals surface area contributed by atoms with Crippen molar-refractivity contribution in [2.75, 3.05) is 0 Å². The van der Waals surface area contributed by atoms with E-state index in [0.29, 0.717) is 67.5 Å². The minimum atomic E-state index is -4.91. The first kappa shape index (κ1) is 74.5. The molecule has 28 heteroatoms. The summed E-state index contributed by atoms with van der Waals surface area (Å²) >= 11 is 4.75. The van der Waals surface area contributed by atoms with Gasteiger partial charge in [-0.25, -0.2) is 27.2 Å². The lowest BCUT2D eigenvalue weighted by molar-refractivity contribution is -0.253. The summed E-state index contributed by atoms with van der Waals surface area (Å²) in [5, 5.41) is 26.5. The smallest absolute Gasteiger partial charge is 0.428 e. The van der Waals surface area contributed by atoms with Gasteiger partial charge in [-0.3, -0.25) is 4.79 Å². The van der Waals surface area contributed by atoms with Crippen LogP contribution in [0, 0.1) is 23.3 Å². The SMILES string of the molecule is C.C=C(C)OC(=O)Cl.N[C@](Cc1ccccc1)(c1ccc(F)cc1)c1cc(F)cc(OC(F)(F)C(F)F)c1.O=C(NC1CCC[C@H]1O)N[C@](Cc1ccccc1)(c1ccc(F)cc1)c1cc(F)cc(OC(F)(F)C(F)F)c1.O=C(N[C@@H]1CCC[C@H]1O)C(F)(F)F. The van der Waals surface area contributed by atoms with Crippen molar-refractivity contribution in [3.05, 3.63) is 215 Å². The van der Waals surface area contributed by atoms with Gasteiger partial charge in [0.2, 0.25) is 0 Å². The van der Waals surface area contributed by atoms with Gasteiger partial charge in [0.15, 0.2) is 0 Å². The number of rotatable bonds is 18. The third-order valence-corrected chi connectivity index (χ3v) is 13.6. The molecule has 0 aromatic heterocycles. The van der Waals surface area contributed by atoms with E-state index in [1.165, 1.54) is 24.3 Å². The fourth-order valence-corrected chi connectivity index (χ4v) is 9.52. The number of hydrogen-bond acceptors (Lipinski definition) is 9. The minimum absolute atomic E-state index is 0. The highest BCUT2D eigenvalue weighted by molar-refractivity contribution is 6.61. The van der Waals surface area contributed by atoms with Gasteiger partial charge in [0.25, 0.3) is 0 Å². The van der Waals surface area contributed by atoms with Crippen LogP contribution in [0.3, 0.4) is 0 Å². The Morgan fingerprint density at radius 3 is 1.38 bits per heavy atom. The summed E-state index contributed by atoms with van der Waals surface area (Å²) in [5.74, 6) is -6.61. The summed E-state index contributed by atoms with van der Waals surface area (Å²) in [4.78, 5) is 33.5. The van der Waals surface area contributed by atoms with E-state index in [4.69, 9.17) is 22.4 Å². The first-order valence-corrected chi connectivity index (χ1v) is 27.1. The number of carbonyl (C=O) groups excluding carboxylic acids is 3. The van der Waals surface area contributed by atoms with Gasteiger partial charge in [-0.2, -0.15) is 48.3 Å². The molecule has 1 unspecified atom stereocenters. The predicted octanol–water partition coefficient (Wildman–Crippen LogP) is 14.7. The molecule has 3 amide bonds. The highest BCUT2D eigenvalue weighted by Gasteiger charge is 2.47. The molecule has 2 aliphatic rings. The van der Waals surface area contributed by atoms with E-state index in [-0.39, 0.29) is 37.0 Å². The minimum Gasteiger partial charge on any atom is -0.428 e. The van der Waals surface area contributed by atoms with E-state index < -0.39 is 119 Å². The molecule has 7 N–H and O–H groups in total. The number of aliphatic hydroxyl groups is 2. The molecule has 6 atom stereocenters. The summed E-state index contributed by atoms with van der Waals surface area (Å²) in [6, 6.07) is 30.2. The van der Waals surface area contributed by atoms with Crippen LogP contribution in [0.5, 0.6) is 11.5 Å². The van der Waals surface area contributed by atoms with Crippen LogP contribution >= 0.6 is 11.6 Å². The number of halogens is 16. The number of hydrogen-bond donors (Lipinski definition) is 6. The Morgan fingerprint density at radius 1 is 0.578 bits per heavy atom. The molecular formula is C62H62ClF15N4O8. The van der Waals surface area contributed by atoms with Crippen molar-refractivity contribution in [3.63, 3.8) is 0 Å². The maximum atomic E-state index is 14.8. The summed E-state index contributed by atoms with van der Waals surface area (Å²) in [6.07, 6.45) is -21.3. The Bertz CT molecular complexity index is 3270. The van der Waals surface area contributed by atoms with Crippen LogP contribution in [0.2, 0.25) is 0 Å². The normalized spacial score (nSPS) is 17.6. The Labute approximate surface area is 512 Å². The lowest BCUT2D eigenvalue weighted by Crippen LogP contribution is -2.55. The van der Waals surface area contributed by atoms with Crippen LogP contribution in [0.25, 0.3) is 0 Å². The molecule has 0 bridgehead atoms. The molecule has 2 aliphatic carbocycles. The number of nitrogens with one attached hydrogen (secondary N) is 3. The van der Waals surface area contributed by atoms with Crippen molar-refractivity contribution in [3.8, 4) is 11.5 Å². The largest absolute Gasteiger partial charge is 0.471 e. The number of ether oxygens (including phenoxy) is 3. The zero-order chi connectivity index (χ0) is 66.1. The Morgan fingerprint density at radius 2 is 0.989 bits per heavy atom. The van der Waals surface area contributed by atoms with Crippen LogP contribution in [0.15, 0.2) is 158 Å². The standard InChI is InChI=1S/C28H26F6N2O3.C22H17F6NO.C7H10F3NO2.C4H5ClO2.CH4/c29-20-11-9-18(10-12-20)27(16-17-5-2-1-3-6-17,36-26(38)35-23-7-4-8-24(23)37)19-13-21(30)15-22(14-19)39-28(33,34)25(31)32;23-17-8-6-15(7-9-17)21(29,13-14-4-2-1-3-5-14)16-10-18(24)12-19(11-16)30-22(27,28)20(25)26;8-7(9,10)6(13)11-4-2-1-3-5(4)12;1-3(2)7-4(5)6;/h1-3,5-6,9-15,23-25,37H,4,7-8,16H2,(H2,35,36,38);1-12,20H,13,29H2;4-5,12H,1-3H2,(H,11,13);1H2,2H3;1H4/t23?,24-,27-;21-;4-,5-;;/m111../s1. The monoisotopic (exact) mass is 1310 g/mol.